The van der Waals surface area contributed by atoms with Crippen LogP contribution in [0.4, 0.5) is 0 Å². The summed E-state index contributed by atoms with van der Waals surface area (Å²) in [4.78, 5) is 29.6. The van der Waals surface area contributed by atoms with Gasteiger partial charge in [0.2, 0.25) is 5.91 Å². The highest BCUT2D eigenvalue weighted by Crippen LogP contribution is 2.26. The second-order valence-corrected chi connectivity index (χ2v) is 8.41. The standard InChI is InChI=1S/C24H32N4O2/c29-23(22-11-6-13-28(22)19-20-7-2-1-3-8-20)25-12-14-26-15-17-27(18-16-26)24(30)21-9-4-5-10-21/h1-3,6-8,11,13,21H,4-5,9-10,12,14-19H2,(H,25,29). The molecule has 30 heavy (non-hydrogen) atoms. The molecule has 0 atom stereocenters. The van der Waals surface area contributed by atoms with Crippen molar-refractivity contribution in [1.82, 2.24) is 19.7 Å². The summed E-state index contributed by atoms with van der Waals surface area (Å²) in [5, 5.41) is 3.06. The Hall–Kier alpha value is -2.60. The molecule has 1 aromatic heterocycles. The monoisotopic (exact) mass is 408 g/mol. The molecule has 1 N–H and O–H groups in total. The quantitative estimate of drug-likeness (QED) is 0.766. The Bertz CT molecular complexity index is 834. The lowest BCUT2D eigenvalue weighted by Crippen LogP contribution is -2.51. The number of carbonyl (C=O) groups excluding carboxylic acids is 2. The van der Waals surface area contributed by atoms with Gasteiger partial charge in [0.1, 0.15) is 5.69 Å². The molecule has 1 aliphatic carbocycles. The molecule has 2 fully saturated rings. The van der Waals surface area contributed by atoms with Crippen LogP contribution in [0.1, 0.15) is 41.7 Å². The van der Waals surface area contributed by atoms with E-state index in [0.717, 1.165) is 45.6 Å². The van der Waals surface area contributed by atoms with Crippen LogP contribution in [0.2, 0.25) is 0 Å². The van der Waals surface area contributed by atoms with Crippen LogP contribution < -0.4 is 5.32 Å². The number of hydrogen-bond donors (Lipinski definition) is 1. The van der Waals surface area contributed by atoms with E-state index in [-0.39, 0.29) is 11.8 Å². The third-order valence-electron chi connectivity index (χ3n) is 6.36. The van der Waals surface area contributed by atoms with Gasteiger partial charge < -0.3 is 14.8 Å². The van der Waals surface area contributed by atoms with Crippen LogP contribution in [0, 0.1) is 5.92 Å². The Morgan fingerprint density at radius 2 is 1.67 bits per heavy atom. The molecular formula is C24H32N4O2. The van der Waals surface area contributed by atoms with Crippen LogP contribution >= 0.6 is 0 Å². The van der Waals surface area contributed by atoms with Crippen LogP contribution in [0.5, 0.6) is 0 Å². The van der Waals surface area contributed by atoms with Crippen LogP contribution in [0.15, 0.2) is 48.7 Å². The molecule has 4 rings (SSSR count). The van der Waals surface area contributed by atoms with Gasteiger partial charge in [-0.2, -0.15) is 0 Å². The molecular weight excluding hydrogens is 376 g/mol. The Morgan fingerprint density at radius 3 is 2.40 bits per heavy atom. The van der Waals surface area contributed by atoms with Crippen molar-refractivity contribution in [3.8, 4) is 0 Å². The number of benzene rings is 1. The molecule has 0 unspecified atom stereocenters. The van der Waals surface area contributed by atoms with E-state index in [1.165, 1.54) is 18.4 Å². The summed E-state index contributed by atoms with van der Waals surface area (Å²) in [5.41, 5.74) is 1.86. The van der Waals surface area contributed by atoms with Gasteiger partial charge >= 0.3 is 0 Å². The van der Waals surface area contributed by atoms with E-state index >= 15 is 0 Å². The topological polar surface area (TPSA) is 57.6 Å². The highest BCUT2D eigenvalue weighted by atomic mass is 16.2. The maximum Gasteiger partial charge on any atom is 0.267 e. The number of carbonyl (C=O) groups is 2. The predicted molar refractivity (Wildman–Crippen MR) is 117 cm³/mol. The van der Waals surface area contributed by atoms with Gasteiger partial charge in [0.25, 0.3) is 5.91 Å². The van der Waals surface area contributed by atoms with Gasteiger partial charge in [0.15, 0.2) is 0 Å². The van der Waals surface area contributed by atoms with Crippen molar-refractivity contribution in [2.75, 3.05) is 39.3 Å². The van der Waals surface area contributed by atoms with Gasteiger partial charge in [0, 0.05) is 57.9 Å². The molecule has 2 amide bonds. The van der Waals surface area contributed by atoms with Gasteiger partial charge in [-0.15, -0.1) is 0 Å². The molecule has 160 valence electrons. The molecule has 1 saturated carbocycles. The molecule has 1 aliphatic heterocycles. The molecule has 2 heterocycles. The second kappa shape index (κ2) is 9.94. The molecule has 2 aliphatic rings. The lowest BCUT2D eigenvalue weighted by atomic mass is 10.1. The fourth-order valence-corrected chi connectivity index (χ4v) is 4.58. The minimum Gasteiger partial charge on any atom is -0.349 e. The van der Waals surface area contributed by atoms with E-state index in [1.54, 1.807) is 0 Å². The van der Waals surface area contributed by atoms with Gasteiger partial charge in [-0.1, -0.05) is 43.2 Å². The smallest absolute Gasteiger partial charge is 0.267 e. The average molecular weight is 409 g/mol. The lowest BCUT2D eigenvalue weighted by molar-refractivity contribution is -0.137. The molecule has 0 bridgehead atoms. The highest BCUT2D eigenvalue weighted by molar-refractivity contribution is 5.92. The summed E-state index contributed by atoms with van der Waals surface area (Å²) in [6.45, 7) is 5.51. The van der Waals surface area contributed by atoms with Gasteiger partial charge in [-0.05, 0) is 30.5 Å². The summed E-state index contributed by atoms with van der Waals surface area (Å²) in [5.74, 6) is 0.591. The van der Waals surface area contributed by atoms with E-state index in [9.17, 15) is 9.59 Å². The van der Waals surface area contributed by atoms with Crippen molar-refractivity contribution in [2.24, 2.45) is 5.92 Å². The maximum absolute atomic E-state index is 12.6. The molecule has 1 saturated heterocycles. The van der Waals surface area contributed by atoms with E-state index in [2.05, 4.69) is 22.3 Å². The first-order valence-corrected chi connectivity index (χ1v) is 11.2. The molecule has 6 nitrogen and oxygen atoms in total. The highest BCUT2D eigenvalue weighted by Gasteiger charge is 2.29. The number of piperazine rings is 1. The van der Waals surface area contributed by atoms with E-state index in [0.29, 0.717) is 24.7 Å². The SMILES string of the molecule is O=C(NCCN1CCN(C(=O)C2CCCC2)CC1)c1cccn1Cc1ccccc1. The fraction of sp³-hybridized carbons (Fsp3) is 0.500. The first-order valence-electron chi connectivity index (χ1n) is 11.2. The zero-order valence-electron chi connectivity index (χ0n) is 17.6. The zero-order valence-corrected chi connectivity index (χ0v) is 17.6. The molecule has 2 aromatic rings. The Labute approximate surface area is 178 Å². The van der Waals surface area contributed by atoms with Crippen LogP contribution in [-0.2, 0) is 11.3 Å². The maximum atomic E-state index is 12.6. The summed E-state index contributed by atoms with van der Waals surface area (Å²) in [6.07, 6.45) is 6.48. The molecule has 0 spiro atoms. The van der Waals surface area contributed by atoms with Crippen molar-refractivity contribution in [3.05, 3.63) is 59.9 Å². The minimum absolute atomic E-state index is 0.0361. The Morgan fingerprint density at radius 1 is 0.933 bits per heavy atom. The fourth-order valence-electron chi connectivity index (χ4n) is 4.58. The number of nitrogens with zero attached hydrogens (tertiary/aromatic N) is 3. The van der Waals surface area contributed by atoms with Crippen molar-refractivity contribution < 1.29 is 9.59 Å². The number of hydrogen-bond acceptors (Lipinski definition) is 3. The van der Waals surface area contributed by atoms with E-state index in [1.807, 2.05) is 46.0 Å². The Kier molecular flexibility index (Phi) is 6.84. The van der Waals surface area contributed by atoms with Gasteiger partial charge in [0.05, 0.1) is 0 Å². The van der Waals surface area contributed by atoms with E-state index < -0.39 is 0 Å². The third kappa shape index (κ3) is 5.11. The minimum atomic E-state index is -0.0361. The zero-order chi connectivity index (χ0) is 20.8. The number of nitrogens with one attached hydrogen (secondary N) is 1. The first kappa shape index (κ1) is 20.7. The summed E-state index contributed by atoms with van der Waals surface area (Å²) < 4.78 is 1.98. The van der Waals surface area contributed by atoms with E-state index in [4.69, 9.17) is 0 Å². The van der Waals surface area contributed by atoms with Crippen molar-refractivity contribution in [1.29, 1.82) is 0 Å². The summed E-state index contributed by atoms with van der Waals surface area (Å²) in [6, 6.07) is 13.9. The molecule has 6 heteroatoms. The van der Waals surface area contributed by atoms with Crippen LogP contribution in [0.25, 0.3) is 0 Å². The van der Waals surface area contributed by atoms with Crippen LogP contribution in [-0.4, -0.2) is 65.4 Å². The van der Waals surface area contributed by atoms with Crippen LogP contribution in [0.3, 0.4) is 0 Å². The largest absolute Gasteiger partial charge is 0.349 e. The number of aromatic nitrogens is 1. The number of amides is 2. The molecule has 1 aromatic carbocycles. The lowest BCUT2D eigenvalue weighted by Gasteiger charge is -2.36. The van der Waals surface area contributed by atoms with Crippen molar-refractivity contribution in [2.45, 2.75) is 32.2 Å². The normalized spacial score (nSPS) is 17.9. The second-order valence-electron chi connectivity index (χ2n) is 8.41. The Balaban J connectivity index is 1.20. The number of rotatable bonds is 7. The predicted octanol–water partition coefficient (Wildman–Crippen LogP) is 2.60. The first-order chi connectivity index (χ1) is 14.7. The molecule has 0 radical (unpaired) electrons. The summed E-state index contributed by atoms with van der Waals surface area (Å²) in [7, 11) is 0. The van der Waals surface area contributed by atoms with Crippen molar-refractivity contribution in [3.63, 3.8) is 0 Å². The third-order valence-corrected chi connectivity index (χ3v) is 6.36. The average Bonchev–Trinajstić information content (AvgIpc) is 3.47. The van der Waals surface area contributed by atoms with Gasteiger partial charge in [-0.25, -0.2) is 0 Å². The summed E-state index contributed by atoms with van der Waals surface area (Å²) >= 11 is 0. The van der Waals surface area contributed by atoms with Gasteiger partial charge in [-0.3, -0.25) is 14.5 Å². The van der Waals surface area contributed by atoms with Crippen molar-refractivity contribution >= 4 is 11.8 Å².